The quantitative estimate of drug-likeness (QED) is 0.368. The average molecular weight is 511 g/mol. The van der Waals surface area contributed by atoms with E-state index in [2.05, 4.69) is 35.4 Å². The Morgan fingerprint density at radius 3 is 2.61 bits per heavy atom. The van der Waals surface area contributed by atoms with Gasteiger partial charge in [-0.25, -0.2) is 9.97 Å². The number of carbonyl (C=O) groups is 1. The Kier molecular flexibility index (Phi) is 7.71. The summed E-state index contributed by atoms with van der Waals surface area (Å²) in [6.45, 7) is 6.56. The molecule has 5 N–H and O–H groups in total. The van der Waals surface area contributed by atoms with Gasteiger partial charge in [0.15, 0.2) is 0 Å². The number of benzene rings is 1. The molecule has 192 valence electrons. The number of piperazine rings is 1. The summed E-state index contributed by atoms with van der Waals surface area (Å²) in [4.78, 5) is 30.1. The van der Waals surface area contributed by atoms with E-state index in [1.54, 1.807) is 6.33 Å². The molecular weight excluding hydrogens is 476 g/mol. The van der Waals surface area contributed by atoms with Gasteiger partial charge in [0.05, 0.1) is 17.0 Å². The number of fused-ring (bicyclic) bond motifs is 1. The minimum atomic E-state index is -0.913. The molecule has 2 fully saturated rings. The van der Waals surface area contributed by atoms with Crippen LogP contribution in [0.1, 0.15) is 37.3 Å². The summed E-state index contributed by atoms with van der Waals surface area (Å²) in [6, 6.07) is 9.65. The van der Waals surface area contributed by atoms with Crippen molar-refractivity contribution >= 4 is 34.4 Å². The molecule has 0 radical (unpaired) electrons. The van der Waals surface area contributed by atoms with E-state index in [0.29, 0.717) is 31.0 Å². The fourth-order valence-corrected chi connectivity index (χ4v) is 5.35. The summed E-state index contributed by atoms with van der Waals surface area (Å²) in [6.07, 6.45) is 6.41. The first kappa shape index (κ1) is 25.0. The lowest BCUT2D eigenvalue weighted by molar-refractivity contribution is -0.128. The minimum Gasteiger partial charge on any atom is -0.356 e. The molecule has 2 saturated heterocycles. The molecule has 2 aliphatic rings. The highest BCUT2D eigenvalue weighted by Crippen LogP contribution is 2.29. The highest BCUT2D eigenvalue weighted by Gasteiger charge is 2.39. The van der Waals surface area contributed by atoms with Crippen LogP contribution >= 0.6 is 11.6 Å². The number of hydrogen-bond acceptors (Lipinski definition) is 7. The number of aromatic nitrogens is 3. The normalized spacial score (nSPS) is 19.3. The molecule has 4 heterocycles. The number of amides is 1. The number of nitrogens with one attached hydrogen (secondary N) is 3. The third kappa shape index (κ3) is 5.64. The molecule has 0 unspecified atom stereocenters. The maximum Gasteiger partial charge on any atom is 0.240 e. The van der Waals surface area contributed by atoms with Gasteiger partial charge >= 0.3 is 0 Å². The van der Waals surface area contributed by atoms with Crippen molar-refractivity contribution in [2.75, 3.05) is 50.7 Å². The van der Waals surface area contributed by atoms with Crippen LogP contribution in [0.25, 0.3) is 11.0 Å². The van der Waals surface area contributed by atoms with Crippen LogP contribution in [0.2, 0.25) is 5.02 Å². The van der Waals surface area contributed by atoms with Crippen molar-refractivity contribution in [2.24, 2.45) is 5.73 Å². The Hall–Kier alpha value is -2.72. The molecule has 0 spiro atoms. The zero-order valence-electron chi connectivity index (χ0n) is 20.5. The first-order valence-corrected chi connectivity index (χ1v) is 13.2. The fraction of sp³-hybridized carbons (Fsp3) is 0.500. The van der Waals surface area contributed by atoms with Gasteiger partial charge in [0.25, 0.3) is 0 Å². The van der Waals surface area contributed by atoms with Crippen LogP contribution < -0.4 is 21.3 Å². The highest BCUT2D eigenvalue weighted by molar-refractivity contribution is 6.30. The number of piperidine rings is 1. The molecule has 3 aromatic rings. The molecule has 5 rings (SSSR count). The molecule has 9 nitrogen and oxygen atoms in total. The smallest absolute Gasteiger partial charge is 0.240 e. The van der Waals surface area contributed by atoms with Crippen LogP contribution in [0.4, 0.5) is 5.82 Å². The summed E-state index contributed by atoms with van der Waals surface area (Å²) in [5, 5.41) is 8.36. The second-order valence-corrected chi connectivity index (χ2v) is 10.3. The maximum atomic E-state index is 13.5. The molecule has 1 aromatic carbocycles. The van der Waals surface area contributed by atoms with Gasteiger partial charge in [-0.2, -0.15) is 0 Å². The lowest BCUT2D eigenvalue weighted by atomic mass is 9.86. The number of rotatable bonds is 8. The Labute approximate surface area is 216 Å². The minimum absolute atomic E-state index is 0.0845. The Morgan fingerprint density at radius 2 is 1.86 bits per heavy atom. The number of nitrogens with zero attached hydrogens (tertiary/aromatic N) is 4. The standard InChI is InChI=1S/C26H35ClN8O/c27-20-5-3-19(4-6-20)22(2-1-13-34-16-11-29-12-17-34)33-25(36)26(28)8-14-35(15-9-26)24-21-7-10-30-23(21)31-18-32-24/h3-7,10,18,22,29H,1-2,8-9,11-17,28H2,(H,33,36)(H,30,31,32)/t22-/m0/s1. The largest absolute Gasteiger partial charge is 0.356 e. The average Bonchev–Trinajstić information content (AvgIpc) is 3.39. The van der Waals surface area contributed by atoms with Gasteiger partial charge in [0.1, 0.15) is 17.8 Å². The molecule has 1 atom stereocenters. The van der Waals surface area contributed by atoms with Crippen molar-refractivity contribution in [2.45, 2.75) is 37.3 Å². The third-order valence-corrected chi connectivity index (χ3v) is 7.75. The Balaban J connectivity index is 1.22. The van der Waals surface area contributed by atoms with Crippen LogP contribution in [0.15, 0.2) is 42.9 Å². The van der Waals surface area contributed by atoms with Crippen LogP contribution in [0.3, 0.4) is 0 Å². The van der Waals surface area contributed by atoms with Crippen molar-refractivity contribution in [3.8, 4) is 0 Å². The van der Waals surface area contributed by atoms with Crippen LogP contribution in [0.5, 0.6) is 0 Å². The zero-order valence-corrected chi connectivity index (χ0v) is 21.3. The van der Waals surface area contributed by atoms with Gasteiger partial charge in [-0.1, -0.05) is 23.7 Å². The first-order valence-electron chi connectivity index (χ1n) is 12.8. The van der Waals surface area contributed by atoms with Gasteiger partial charge in [0, 0.05) is 50.5 Å². The zero-order chi connectivity index (χ0) is 25.0. The molecule has 0 bridgehead atoms. The highest BCUT2D eigenvalue weighted by atomic mass is 35.5. The lowest BCUT2D eigenvalue weighted by Crippen LogP contribution is -2.60. The third-order valence-electron chi connectivity index (χ3n) is 7.49. The summed E-state index contributed by atoms with van der Waals surface area (Å²) >= 11 is 6.13. The molecule has 2 aromatic heterocycles. The first-order chi connectivity index (χ1) is 17.5. The molecule has 36 heavy (non-hydrogen) atoms. The van der Waals surface area contributed by atoms with Crippen molar-refractivity contribution in [3.63, 3.8) is 0 Å². The second kappa shape index (κ2) is 11.1. The molecule has 2 aliphatic heterocycles. The predicted octanol–water partition coefficient (Wildman–Crippen LogP) is 2.45. The maximum absolute atomic E-state index is 13.5. The van der Waals surface area contributed by atoms with E-state index in [0.717, 1.165) is 68.0 Å². The predicted molar refractivity (Wildman–Crippen MR) is 143 cm³/mol. The molecule has 0 aliphatic carbocycles. The second-order valence-electron chi connectivity index (χ2n) is 9.89. The van der Waals surface area contributed by atoms with Crippen molar-refractivity contribution in [1.29, 1.82) is 0 Å². The summed E-state index contributed by atoms with van der Waals surface area (Å²) < 4.78 is 0. The number of nitrogens with two attached hydrogens (primary N) is 1. The molecular formula is C26H35ClN8O. The van der Waals surface area contributed by atoms with Crippen molar-refractivity contribution < 1.29 is 4.79 Å². The van der Waals surface area contributed by atoms with Crippen LogP contribution in [-0.4, -0.2) is 77.1 Å². The number of carbonyl (C=O) groups excluding carboxylic acids is 1. The van der Waals surface area contributed by atoms with E-state index in [9.17, 15) is 4.79 Å². The van der Waals surface area contributed by atoms with Gasteiger partial charge in [-0.3, -0.25) is 4.79 Å². The van der Waals surface area contributed by atoms with Gasteiger partial charge in [-0.05, 0) is 56.0 Å². The monoisotopic (exact) mass is 510 g/mol. The van der Waals surface area contributed by atoms with E-state index in [1.807, 2.05) is 36.5 Å². The summed E-state index contributed by atoms with van der Waals surface area (Å²) in [5.74, 6) is 0.800. The van der Waals surface area contributed by atoms with Gasteiger partial charge < -0.3 is 31.2 Å². The number of anilines is 1. The Bertz CT molecular complexity index is 1150. The molecule has 10 heteroatoms. The van der Waals surface area contributed by atoms with Gasteiger partial charge in [0.2, 0.25) is 5.91 Å². The molecule has 1 amide bonds. The summed E-state index contributed by atoms with van der Waals surface area (Å²) in [5.41, 5.74) is 7.68. The van der Waals surface area contributed by atoms with E-state index in [1.165, 1.54) is 0 Å². The Morgan fingerprint density at radius 1 is 1.11 bits per heavy atom. The van der Waals surface area contributed by atoms with E-state index >= 15 is 0 Å². The number of halogens is 1. The van der Waals surface area contributed by atoms with Crippen LogP contribution in [-0.2, 0) is 4.79 Å². The summed E-state index contributed by atoms with van der Waals surface area (Å²) in [7, 11) is 0. The number of hydrogen-bond donors (Lipinski definition) is 4. The molecule has 0 saturated carbocycles. The SMILES string of the molecule is NC1(C(=O)N[C@@H](CCCN2CCNCC2)c2ccc(Cl)cc2)CCN(c2ncnc3[nH]ccc23)CC1. The van der Waals surface area contributed by atoms with E-state index < -0.39 is 5.54 Å². The fourth-order valence-electron chi connectivity index (χ4n) is 5.23. The van der Waals surface area contributed by atoms with E-state index in [-0.39, 0.29) is 11.9 Å². The van der Waals surface area contributed by atoms with Gasteiger partial charge in [-0.15, -0.1) is 0 Å². The topological polar surface area (TPSA) is 115 Å². The van der Waals surface area contributed by atoms with Crippen molar-refractivity contribution in [3.05, 3.63) is 53.4 Å². The van der Waals surface area contributed by atoms with Crippen LogP contribution in [0, 0.1) is 0 Å². The van der Waals surface area contributed by atoms with Crippen molar-refractivity contribution in [1.82, 2.24) is 30.5 Å². The van der Waals surface area contributed by atoms with E-state index in [4.69, 9.17) is 17.3 Å². The number of H-pyrrole nitrogens is 1. The number of aromatic amines is 1. The lowest BCUT2D eigenvalue weighted by Gasteiger charge is -2.39.